The van der Waals surface area contributed by atoms with Crippen LogP contribution in [0.4, 0.5) is 5.69 Å². The van der Waals surface area contributed by atoms with Crippen molar-refractivity contribution in [2.45, 2.75) is 19.3 Å². The fraction of sp³-hybridized carbons (Fsp3) is 0.462. The number of piperazine rings is 1. The molecule has 2 fully saturated rings. The largest absolute Gasteiger partial charge is 0.495 e. The predicted octanol–water partition coefficient (Wildman–Crippen LogP) is 3.17. The Hall–Kier alpha value is -3.06. The number of fused-ring (bicyclic) bond motifs is 1. The van der Waals surface area contributed by atoms with Gasteiger partial charge in [0, 0.05) is 56.4 Å². The molecule has 2 aliphatic heterocycles. The Balaban J connectivity index is 1.09. The van der Waals surface area contributed by atoms with Crippen LogP contribution in [-0.4, -0.2) is 78.6 Å². The zero-order chi connectivity index (χ0) is 22.6. The van der Waals surface area contributed by atoms with Gasteiger partial charge in [0.15, 0.2) is 0 Å². The van der Waals surface area contributed by atoms with Crippen molar-refractivity contribution in [3.63, 3.8) is 0 Å². The maximum atomic E-state index is 13.2. The lowest BCUT2D eigenvalue weighted by atomic mass is 9.94. The molecule has 0 atom stereocenters. The fourth-order valence-electron chi connectivity index (χ4n) is 5.22. The molecule has 33 heavy (non-hydrogen) atoms. The molecule has 1 amide bonds. The molecule has 7 heteroatoms. The van der Waals surface area contributed by atoms with Crippen LogP contribution in [0.3, 0.4) is 0 Å². The number of para-hydroxylation sites is 2. The van der Waals surface area contributed by atoms with E-state index in [-0.39, 0.29) is 5.92 Å². The van der Waals surface area contributed by atoms with Crippen LogP contribution in [0.1, 0.15) is 18.4 Å². The molecule has 2 saturated heterocycles. The van der Waals surface area contributed by atoms with Crippen molar-refractivity contribution >= 4 is 22.6 Å². The van der Waals surface area contributed by atoms with Crippen LogP contribution in [0, 0.1) is 5.92 Å². The van der Waals surface area contributed by atoms with Crippen LogP contribution in [0.5, 0.6) is 5.75 Å². The van der Waals surface area contributed by atoms with E-state index in [1.807, 2.05) is 30.5 Å². The number of benzene rings is 1. The van der Waals surface area contributed by atoms with Gasteiger partial charge in [0.1, 0.15) is 11.4 Å². The Morgan fingerprint density at radius 3 is 2.64 bits per heavy atom. The standard InChI is InChI=1S/C26H33N5O2/c1-33-24-7-3-2-6-23(24)30-15-17-31(18-16-30)26(32)20-8-12-29(13-9-20)14-10-21-19-28-25-22(21)5-4-11-27-25/h2-7,11,19-20H,8-10,12-18H2,1H3,(H,27,28). The molecule has 174 valence electrons. The van der Waals surface area contributed by atoms with Gasteiger partial charge in [0.25, 0.3) is 0 Å². The second kappa shape index (κ2) is 9.83. The highest BCUT2D eigenvalue weighted by Crippen LogP contribution is 2.29. The number of hydrogen-bond donors (Lipinski definition) is 1. The molecule has 1 aromatic carbocycles. The molecular formula is C26H33N5O2. The van der Waals surface area contributed by atoms with Crippen LogP contribution in [-0.2, 0) is 11.2 Å². The number of nitrogens with one attached hydrogen (secondary N) is 1. The Kier molecular flexibility index (Phi) is 6.48. The van der Waals surface area contributed by atoms with Crippen molar-refractivity contribution in [1.29, 1.82) is 0 Å². The summed E-state index contributed by atoms with van der Waals surface area (Å²) in [7, 11) is 1.71. The molecule has 2 aliphatic rings. The van der Waals surface area contributed by atoms with Gasteiger partial charge in [-0.05, 0) is 62.2 Å². The van der Waals surface area contributed by atoms with E-state index in [4.69, 9.17) is 4.74 Å². The van der Waals surface area contributed by atoms with E-state index < -0.39 is 0 Å². The number of piperidine rings is 1. The van der Waals surface area contributed by atoms with Crippen molar-refractivity contribution in [3.8, 4) is 5.75 Å². The van der Waals surface area contributed by atoms with Crippen LogP contribution in [0.25, 0.3) is 11.0 Å². The summed E-state index contributed by atoms with van der Waals surface area (Å²) >= 11 is 0. The number of amides is 1. The lowest BCUT2D eigenvalue weighted by Gasteiger charge is -2.39. The third kappa shape index (κ3) is 4.69. The molecule has 5 rings (SSSR count). The number of aromatic nitrogens is 2. The molecule has 0 bridgehead atoms. The number of aromatic amines is 1. The van der Waals surface area contributed by atoms with E-state index in [9.17, 15) is 4.79 Å². The average Bonchev–Trinajstić information content (AvgIpc) is 3.30. The minimum atomic E-state index is 0.163. The first kappa shape index (κ1) is 21.8. The summed E-state index contributed by atoms with van der Waals surface area (Å²) in [5.74, 6) is 1.40. The van der Waals surface area contributed by atoms with Crippen LogP contribution in [0.15, 0.2) is 48.8 Å². The molecule has 4 heterocycles. The summed E-state index contributed by atoms with van der Waals surface area (Å²) in [6, 6.07) is 12.2. The minimum absolute atomic E-state index is 0.163. The quantitative estimate of drug-likeness (QED) is 0.629. The summed E-state index contributed by atoms with van der Waals surface area (Å²) < 4.78 is 5.51. The zero-order valence-corrected chi connectivity index (χ0v) is 19.4. The number of pyridine rings is 1. The molecule has 0 aliphatic carbocycles. The van der Waals surface area contributed by atoms with Gasteiger partial charge >= 0.3 is 0 Å². The number of likely N-dealkylation sites (tertiary alicyclic amines) is 1. The SMILES string of the molecule is COc1ccccc1N1CCN(C(=O)C2CCN(CCc3c[nH]c4ncccc34)CC2)CC1. The van der Waals surface area contributed by atoms with Gasteiger partial charge in [0.05, 0.1) is 12.8 Å². The molecule has 0 radical (unpaired) electrons. The van der Waals surface area contributed by atoms with Crippen molar-refractivity contribution < 1.29 is 9.53 Å². The number of H-pyrrole nitrogens is 1. The summed E-state index contributed by atoms with van der Waals surface area (Å²) in [5, 5.41) is 1.22. The van der Waals surface area contributed by atoms with E-state index in [0.717, 1.165) is 82.2 Å². The molecule has 3 aromatic rings. The minimum Gasteiger partial charge on any atom is -0.495 e. The van der Waals surface area contributed by atoms with Crippen molar-refractivity contribution in [2.75, 3.05) is 57.8 Å². The number of rotatable bonds is 6. The van der Waals surface area contributed by atoms with Crippen LogP contribution < -0.4 is 9.64 Å². The molecule has 1 N–H and O–H groups in total. The first-order valence-electron chi connectivity index (χ1n) is 12.0. The van der Waals surface area contributed by atoms with Crippen molar-refractivity contribution in [1.82, 2.24) is 19.8 Å². The Bertz CT molecular complexity index is 1080. The average molecular weight is 448 g/mol. The molecule has 0 saturated carbocycles. The topological polar surface area (TPSA) is 64.7 Å². The number of methoxy groups -OCH3 is 1. The maximum absolute atomic E-state index is 13.2. The van der Waals surface area contributed by atoms with Crippen molar-refractivity contribution in [3.05, 3.63) is 54.4 Å². The Labute approximate surface area is 195 Å². The first-order valence-corrected chi connectivity index (χ1v) is 12.0. The smallest absolute Gasteiger partial charge is 0.225 e. The highest BCUT2D eigenvalue weighted by atomic mass is 16.5. The Morgan fingerprint density at radius 1 is 1.06 bits per heavy atom. The fourth-order valence-corrected chi connectivity index (χ4v) is 5.22. The van der Waals surface area contributed by atoms with Gasteiger partial charge in [-0.3, -0.25) is 4.79 Å². The van der Waals surface area contributed by atoms with Crippen molar-refractivity contribution in [2.24, 2.45) is 5.92 Å². The van der Waals surface area contributed by atoms with Crippen LogP contribution >= 0.6 is 0 Å². The highest BCUT2D eigenvalue weighted by molar-refractivity contribution is 5.80. The van der Waals surface area contributed by atoms with Crippen LogP contribution in [0.2, 0.25) is 0 Å². The monoisotopic (exact) mass is 447 g/mol. The second-order valence-corrected chi connectivity index (χ2v) is 9.06. The number of carbonyl (C=O) groups excluding carboxylic acids is 1. The third-order valence-electron chi connectivity index (χ3n) is 7.19. The lowest BCUT2D eigenvalue weighted by molar-refractivity contribution is -0.137. The summed E-state index contributed by atoms with van der Waals surface area (Å²) in [6.07, 6.45) is 6.83. The normalized spacial score (nSPS) is 18.1. The van der Waals surface area contributed by atoms with Gasteiger partial charge in [-0.25, -0.2) is 4.98 Å². The molecule has 2 aromatic heterocycles. The number of nitrogens with zero attached hydrogens (tertiary/aromatic N) is 4. The van der Waals surface area contributed by atoms with E-state index in [1.165, 1.54) is 10.9 Å². The number of ether oxygens (including phenoxy) is 1. The number of hydrogen-bond acceptors (Lipinski definition) is 5. The maximum Gasteiger partial charge on any atom is 0.225 e. The van der Waals surface area contributed by atoms with Gasteiger partial charge in [-0.15, -0.1) is 0 Å². The van der Waals surface area contributed by atoms with E-state index in [2.05, 4.69) is 43.0 Å². The van der Waals surface area contributed by atoms with E-state index >= 15 is 0 Å². The summed E-state index contributed by atoms with van der Waals surface area (Å²) in [5.41, 5.74) is 3.40. The second-order valence-electron chi connectivity index (χ2n) is 9.06. The van der Waals surface area contributed by atoms with E-state index in [1.54, 1.807) is 7.11 Å². The van der Waals surface area contributed by atoms with Gasteiger partial charge < -0.3 is 24.4 Å². The lowest BCUT2D eigenvalue weighted by Crippen LogP contribution is -2.51. The highest BCUT2D eigenvalue weighted by Gasteiger charge is 2.30. The summed E-state index contributed by atoms with van der Waals surface area (Å²) in [6.45, 7) is 6.29. The number of anilines is 1. The van der Waals surface area contributed by atoms with Gasteiger partial charge in [-0.2, -0.15) is 0 Å². The molecule has 7 nitrogen and oxygen atoms in total. The van der Waals surface area contributed by atoms with Gasteiger partial charge in [-0.1, -0.05) is 12.1 Å². The number of carbonyl (C=O) groups is 1. The molecular weight excluding hydrogens is 414 g/mol. The summed E-state index contributed by atoms with van der Waals surface area (Å²) in [4.78, 5) is 27.7. The van der Waals surface area contributed by atoms with Gasteiger partial charge in [0.2, 0.25) is 5.91 Å². The third-order valence-corrected chi connectivity index (χ3v) is 7.19. The van der Waals surface area contributed by atoms with E-state index in [0.29, 0.717) is 5.91 Å². The zero-order valence-electron chi connectivity index (χ0n) is 19.4. The molecule has 0 spiro atoms. The first-order chi connectivity index (χ1) is 16.2. The molecule has 0 unspecified atom stereocenters. The Morgan fingerprint density at radius 2 is 1.85 bits per heavy atom. The predicted molar refractivity (Wildman–Crippen MR) is 131 cm³/mol.